The van der Waals surface area contributed by atoms with Gasteiger partial charge in [-0.25, -0.2) is 0 Å². The van der Waals surface area contributed by atoms with E-state index in [9.17, 15) is 0 Å². The van der Waals surface area contributed by atoms with Gasteiger partial charge in [-0.1, -0.05) is 126 Å². The van der Waals surface area contributed by atoms with Gasteiger partial charge in [0.25, 0.3) is 6.71 Å². The van der Waals surface area contributed by atoms with E-state index in [4.69, 9.17) is 4.42 Å². The lowest BCUT2D eigenvalue weighted by Gasteiger charge is -2.43. The number of rotatable bonds is 2. The van der Waals surface area contributed by atoms with Gasteiger partial charge >= 0.3 is 0 Å². The van der Waals surface area contributed by atoms with Crippen LogP contribution in [-0.4, -0.2) is 6.71 Å². The highest BCUT2D eigenvalue weighted by molar-refractivity contribution is 7.00. The molecule has 3 heterocycles. The number of furan rings is 1. The Bertz CT molecular complexity index is 2650. The van der Waals surface area contributed by atoms with E-state index >= 15 is 0 Å². The molecule has 9 rings (SSSR count). The van der Waals surface area contributed by atoms with Crippen LogP contribution in [0.2, 0.25) is 0 Å². The van der Waals surface area contributed by atoms with Gasteiger partial charge in [0.15, 0.2) is 0 Å². The van der Waals surface area contributed by atoms with Crippen molar-refractivity contribution in [3.8, 4) is 0 Å². The number of nitrogens with zero attached hydrogens (tertiary/aromatic N) is 2. The number of fused-ring (bicyclic) bond motifs is 7. The fourth-order valence-electron chi connectivity index (χ4n) is 10.2. The molecule has 0 N–H and O–H groups in total. The Labute approximate surface area is 348 Å². The van der Waals surface area contributed by atoms with E-state index in [0.29, 0.717) is 0 Å². The molecule has 58 heavy (non-hydrogen) atoms. The van der Waals surface area contributed by atoms with Crippen molar-refractivity contribution in [2.24, 2.45) is 0 Å². The molecule has 1 aliphatic carbocycles. The smallest absolute Gasteiger partial charge is 0.297 e. The first-order valence-corrected chi connectivity index (χ1v) is 21.7. The lowest BCUT2D eigenvalue weighted by atomic mass is 9.35. The Hall–Kier alpha value is -4.70. The molecule has 0 fully saturated rings. The Morgan fingerprint density at radius 3 is 1.64 bits per heavy atom. The van der Waals surface area contributed by atoms with Crippen LogP contribution in [0.15, 0.2) is 89.3 Å². The van der Waals surface area contributed by atoms with Crippen LogP contribution in [-0.2, 0) is 27.1 Å². The van der Waals surface area contributed by atoms with Crippen molar-refractivity contribution in [1.29, 1.82) is 0 Å². The minimum absolute atomic E-state index is 0.0237. The maximum Gasteiger partial charge on any atom is 0.297 e. The van der Waals surface area contributed by atoms with Crippen LogP contribution in [0.1, 0.15) is 142 Å². The number of anilines is 6. The van der Waals surface area contributed by atoms with Crippen LogP contribution in [0.25, 0.3) is 11.0 Å². The number of aryl methyl sites for hydroxylation is 2. The molecule has 0 atom stereocenters. The molecular weight excluding hydrogens is 703 g/mol. The molecule has 2 aliphatic heterocycles. The van der Waals surface area contributed by atoms with Crippen molar-refractivity contribution in [1.82, 2.24) is 0 Å². The highest BCUT2D eigenvalue weighted by atomic mass is 16.3. The molecular formula is C54H63BN2O. The highest BCUT2D eigenvalue weighted by Crippen LogP contribution is 2.52. The fourth-order valence-corrected chi connectivity index (χ4v) is 10.2. The zero-order chi connectivity index (χ0) is 41.6. The normalized spacial score (nSPS) is 16.9. The second kappa shape index (κ2) is 12.4. The molecule has 0 radical (unpaired) electrons. The molecule has 0 bridgehead atoms. The van der Waals surface area contributed by atoms with Gasteiger partial charge in [0.1, 0.15) is 5.58 Å². The first-order valence-electron chi connectivity index (χ1n) is 21.7. The van der Waals surface area contributed by atoms with E-state index in [-0.39, 0.29) is 33.8 Å². The Morgan fingerprint density at radius 1 is 0.552 bits per heavy atom. The average Bonchev–Trinajstić information content (AvgIpc) is 3.50. The summed E-state index contributed by atoms with van der Waals surface area (Å²) in [6.07, 6.45) is 2.33. The van der Waals surface area contributed by atoms with Crippen LogP contribution in [0.5, 0.6) is 0 Å². The monoisotopic (exact) mass is 767 g/mol. The molecule has 298 valence electrons. The summed E-state index contributed by atoms with van der Waals surface area (Å²) < 4.78 is 7.48. The zero-order valence-corrected chi connectivity index (χ0v) is 37.9. The van der Waals surface area contributed by atoms with E-state index in [2.05, 4.69) is 199 Å². The minimum atomic E-state index is -0.0844. The summed E-state index contributed by atoms with van der Waals surface area (Å²) in [4.78, 5) is 5.11. The van der Waals surface area contributed by atoms with Crippen LogP contribution >= 0.6 is 0 Å². The number of benzene rings is 5. The summed E-state index contributed by atoms with van der Waals surface area (Å²) in [7, 11) is 0. The van der Waals surface area contributed by atoms with Crippen molar-refractivity contribution >= 4 is 68.4 Å². The molecule has 0 saturated heterocycles. The maximum absolute atomic E-state index is 7.48. The van der Waals surface area contributed by atoms with E-state index in [1.807, 2.05) is 0 Å². The van der Waals surface area contributed by atoms with Gasteiger partial charge in [-0.15, -0.1) is 0 Å². The average molecular weight is 767 g/mol. The van der Waals surface area contributed by atoms with Crippen molar-refractivity contribution in [3.63, 3.8) is 0 Å². The molecule has 0 saturated carbocycles. The Kier molecular flexibility index (Phi) is 8.31. The highest BCUT2D eigenvalue weighted by Gasteiger charge is 2.48. The molecule has 4 heteroatoms. The third-order valence-electron chi connectivity index (χ3n) is 13.9. The Morgan fingerprint density at radius 2 is 1.07 bits per heavy atom. The van der Waals surface area contributed by atoms with Crippen LogP contribution < -0.4 is 26.4 Å². The number of hydrogen-bond acceptors (Lipinski definition) is 3. The van der Waals surface area contributed by atoms with Gasteiger partial charge in [-0.05, 0) is 152 Å². The summed E-state index contributed by atoms with van der Waals surface area (Å²) in [5.41, 5.74) is 21.5. The second-order valence-electron chi connectivity index (χ2n) is 22.4. The lowest BCUT2D eigenvalue weighted by molar-refractivity contribution is 0.332. The first kappa shape index (κ1) is 38.8. The molecule has 0 unspecified atom stereocenters. The molecule has 3 aliphatic rings. The van der Waals surface area contributed by atoms with Crippen LogP contribution in [0, 0.1) is 13.8 Å². The summed E-state index contributed by atoms with van der Waals surface area (Å²) >= 11 is 0. The second-order valence-corrected chi connectivity index (χ2v) is 22.4. The maximum atomic E-state index is 7.48. The van der Waals surface area contributed by atoms with Gasteiger partial charge in [-0.3, -0.25) is 0 Å². The van der Waals surface area contributed by atoms with Crippen molar-refractivity contribution in [2.75, 3.05) is 9.80 Å². The lowest BCUT2D eigenvalue weighted by Crippen LogP contribution is -2.61. The third kappa shape index (κ3) is 5.90. The quantitative estimate of drug-likeness (QED) is 0.163. The topological polar surface area (TPSA) is 19.6 Å². The summed E-state index contributed by atoms with van der Waals surface area (Å²) in [5, 5.41) is 1.21. The SMILES string of the molecule is Cc1cc2c3c(c1)N(c1ccc(C(C)(C)C)cc1C)c1c(oc4cc5c(cc14)C(C)(C)CCC5(C)C)B3c1cc(C(C)(C)C)ccc1N2c1ccc(C(C)(C)C)cc1. The van der Waals surface area contributed by atoms with Gasteiger partial charge < -0.3 is 14.2 Å². The predicted octanol–water partition coefficient (Wildman–Crippen LogP) is 13.4. The summed E-state index contributed by atoms with van der Waals surface area (Å²) in [6, 6.07) is 33.5. The van der Waals surface area contributed by atoms with E-state index in [0.717, 1.165) is 17.7 Å². The van der Waals surface area contributed by atoms with Gasteiger partial charge in [0.05, 0.1) is 11.3 Å². The van der Waals surface area contributed by atoms with Crippen molar-refractivity contribution in [3.05, 3.63) is 124 Å². The van der Waals surface area contributed by atoms with E-state index < -0.39 is 0 Å². The molecule has 1 aromatic heterocycles. The van der Waals surface area contributed by atoms with Crippen molar-refractivity contribution < 1.29 is 4.42 Å². The van der Waals surface area contributed by atoms with Crippen LogP contribution in [0.3, 0.4) is 0 Å². The molecule has 5 aromatic carbocycles. The van der Waals surface area contributed by atoms with Crippen LogP contribution in [0.4, 0.5) is 34.1 Å². The van der Waals surface area contributed by atoms with Crippen molar-refractivity contribution in [2.45, 2.75) is 144 Å². The molecule has 6 aromatic rings. The fraction of sp³-hybridized carbons (Fsp3) is 0.407. The first-order chi connectivity index (χ1) is 27.0. The van der Waals surface area contributed by atoms with E-state index in [1.165, 1.54) is 95.8 Å². The molecule has 0 spiro atoms. The minimum Gasteiger partial charge on any atom is -0.468 e. The summed E-state index contributed by atoms with van der Waals surface area (Å²) in [5.74, 6) is 0. The predicted molar refractivity (Wildman–Crippen MR) is 251 cm³/mol. The molecule has 0 amide bonds. The Balaban J connectivity index is 1.41. The largest absolute Gasteiger partial charge is 0.468 e. The molecule has 3 nitrogen and oxygen atoms in total. The van der Waals surface area contributed by atoms with Gasteiger partial charge in [0.2, 0.25) is 0 Å². The number of hydrogen-bond donors (Lipinski definition) is 0. The van der Waals surface area contributed by atoms with Gasteiger partial charge in [0, 0.05) is 33.8 Å². The zero-order valence-electron chi connectivity index (χ0n) is 37.9. The standard InChI is InChI=1S/C54H63BN2O/c1-32-26-44-47-45(27-32)57(42-22-18-35(28-33(42)2)51(6,7)8)48-38-30-39-40(54(14,15)25-24-53(39,12)13)31-46(38)58-49(48)55(47)41-29-36(52(9,10)11)19-23-43(41)56(44)37-20-16-34(17-21-37)50(3,4)5/h16-23,26-31H,24-25H2,1-15H3. The summed E-state index contributed by atoms with van der Waals surface area (Å²) in [6.45, 7) is 35.0. The van der Waals surface area contributed by atoms with E-state index in [1.54, 1.807) is 0 Å². The third-order valence-corrected chi connectivity index (χ3v) is 13.9. The van der Waals surface area contributed by atoms with Gasteiger partial charge in [-0.2, -0.15) is 0 Å².